The zero-order valence-electron chi connectivity index (χ0n) is 14.6. The van der Waals surface area contributed by atoms with E-state index in [9.17, 15) is 0 Å². The molecule has 0 saturated carbocycles. The van der Waals surface area contributed by atoms with E-state index < -0.39 is 0 Å². The summed E-state index contributed by atoms with van der Waals surface area (Å²) in [4.78, 5) is 10.9. The second-order valence-electron chi connectivity index (χ2n) is 6.18. The minimum atomic E-state index is 0.579. The van der Waals surface area contributed by atoms with E-state index in [4.69, 9.17) is 0 Å². The number of hydrogen-bond acceptors (Lipinski definition) is 8. The molecule has 0 aliphatic rings. The zero-order valence-corrected chi connectivity index (χ0v) is 16.3. The number of thiazole rings is 1. The maximum Gasteiger partial charge on any atom is 0.214 e. The fourth-order valence-corrected chi connectivity index (χ4v) is 4.79. The molecule has 0 aromatic carbocycles. The molecular weight excluding hydrogens is 406 g/mol. The van der Waals surface area contributed by atoms with Crippen LogP contribution < -0.4 is 0 Å². The fourth-order valence-electron chi connectivity index (χ4n) is 3.20. The van der Waals surface area contributed by atoms with E-state index in [1.807, 2.05) is 36.0 Å². The van der Waals surface area contributed by atoms with Crippen molar-refractivity contribution < 1.29 is 0 Å². The lowest BCUT2D eigenvalue weighted by atomic mass is 10.1. The van der Waals surface area contributed by atoms with Gasteiger partial charge in [0.25, 0.3) is 0 Å². The molecule has 6 aromatic heterocycles. The second-order valence-corrected chi connectivity index (χ2v) is 8.16. The normalized spacial score (nSPS) is 11.4. The highest BCUT2D eigenvalue weighted by molar-refractivity contribution is 7.18. The lowest BCUT2D eigenvalue weighted by molar-refractivity contribution is 0.881. The van der Waals surface area contributed by atoms with Crippen molar-refractivity contribution in [2.24, 2.45) is 0 Å². The molecule has 2 N–H and O–H groups in total. The summed E-state index contributed by atoms with van der Waals surface area (Å²) in [6.45, 7) is 0. The van der Waals surface area contributed by atoms with Gasteiger partial charge in [-0.05, 0) is 29.5 Å². The van der Waals surface area contributed by atoms with Crippen molar-refractivity contribution in [2.75, 3.05) is 0 Å². The highest BCUT2D eigenvalue weighted by Gasteiger charge is 2.16. The van der Waals surface area contributed by atoms with Gasteiger partial charge >= 0.3 is 0 Å². The lowest BCUT2D eigenvalue weighted by Gasteiger charge is -2.04. The van der Waals surface area contributed by atoms with Gasteiger partial charge in [0.15, 0.2) is 0 Å². The number of thiophene rings is 1. The molecule has 0 unspecified atom stereocenters. The van der Waals surface area contributed by atoms with Gasteiger partial charge in [-0.25, -0.2) is 9.97 Å². The molecule has 0 aliphatic heterocycles. The van der Waals surface area contributed by atoms with Crippen molar-refractivity contribution in [3.05, 3.63) is 54.4 Å². The number of tetrazole rings is 1. The van der Waals surface area contributed by atoms with Crippen molar-refractivity contribution in [1.82, 2.24) is 45.2 Å². The Balaban J connectivity index is 1.45. The summed E-state index contributed by atoms with van der Waals surface area (Å²) < 4.78 is 2.06. The quantitative estimate of drug-likeness (QED) is 0.451. The van der Waals surface area contributed by atoms with Crippen LogP contribution in [-0.2, 0) is 0 Å². The number of aromatic amines is 2. The Morgan fingerprint density at radius 2 is 1.97 bits per heavy atom. The van der Waals surface area contributed by atoms with Gasteiger partial charge in [-0.3, -0.25) is 9.50 Å². The maximum atomic E-state index is 4.49. The number of nitrogens with zero attached hydrogens (tertiary/aromatic N) is 7. The predicted octanol–water partition coefficient (Wildman–Crippen LogP) is 3.76. The van der Waals surface area contributed by atoms with Crippen molar-refractivity contribution in [1.29, 1.82) is 0 Å². The largest absolute Gasteiger partial charge is 0.297 e. The van der Waals surface area contributed by atoms with Gasteiger partial charge in [0.2, 0.25) is 5.82 Å². The van der Waals surface area contributed by atoms with E-state index in [2.05, 4.69) is 57.5 Å². The van der Waals surface area contributed by atoms with Crippen LogP contribution in [-0.4, -0.2) is 45.2 Å². The molecule has 6 aromatic rings. The van der Waals surface area contributed by atoms with E-state index in [0.29, 0.717) is 5.82 Å². The number of pyridine rings is 1. The number of H-pyrrole nitrogens is 2. The van der Waals surface area contributed by atoms with E-state index in [0.717, 1.165) is 42.9 Å². The molecule has 140 valence electrons. The number of aromatic nitrogens is 9. The Hall–Kier alpha value is -3.70. The highest BCUT2D eigenvalue weighted by atomic mass is 32.1. The van der Waals surface area contributed by atoms with E-state index in [1.165, 1.54) is 0 Å². The molecule has 6 heterocycles. The first-order valence-corrected chi connectivity index (χ1v) is 10.3. The van der Waals surface area contributed by atoms with Gasteiger partial charge in [-0.1, -0.05) is 0 Å². The summed E-state index contributed by atoms with van der Waals surface area (Å²) in [5, 5.41) is 24.5. The first-order chi connectivity index (χ1) is 14.4. The van der Waals surface area contributed by atoms with Gasteiger partial charge in [0, 0.05) is 28.9 Å². The van der Waals surface area contributed by atoms with Crippen LogP contribution in [0, 0.1) is 0 Å². The molecule has 29 heavy (non-hydrogen) atoms. The third-order valence-corrected chi connectivity index (χ3v) is 6.42. The van der Waals surface area contributed by atoms with Crippen LogP contribution in [0.4, 0.5) is 0 Å². The van der Waals surface area contributed by atoms with E-state index >= 15 is 0 Å². The molecule has 6 rings (SSSR count). The Morgan fingerprint density at radius 3 is 2.83 bits per heavy atom. The molecule has 0 saturated heterocycles. The maximum absolute atomic E-state index is 4.49. The SMILES string of the molecule is c1csc(-c2cnc3ccc(-c4cn[nH]c4-c4ccc(-c5nn[nH]n5)s4)cn23)n1. The first kappa shape index (κ1) is 16.3. The lowest BCUT2D eigenvalue weighted by Crippen LogP contribution is -1.90. The first-order valence-electron chi connectivity index (χ1n) is 8.61. The van der Waals surface area contributed by atoms with Crippen LogP contribution >= 0.6 is 22.7 Å². The van der Waals surface area contributed by atoms with Crippen molar-refractivity contribution in [3.8, 4) is 43.1 Å². The monoisotopic (exact) mass is 417 g/mol. The zero-order chi connectivity index (χ0) is 19.2. The third kappa shape index (κ3) is 2.67. The number of rotatable bonds is 4. The van der Waals surface area contributed by atoms with E-state index in [1.54, 1.807) is 28.9 Å². The fraction of sp³-hybridized carbons (Fsp3) is 0. The van der Waals surface area contributed by atoms with Crippen LogP contribution in [0.1, 0.15) is 0 Å². The Labute approximate surface area is 171 Å². The van der Waals surface area contributed by atoms with Gasteiger partial charge in [-0.15, -0.1) is 32.9 Å². The molecule has 0 spiro atoms. The number of imidazole rings is 1. The number of fused-ring (bicyclic) bond motifs is 1. The Kier molecular flexibility index (Phi) is 3.61. The molecule has 11 heteroatoms. The number of hydrogen-bond donors (Lipinski definition) is 2. The van der Waals surface area contributed by atoms with Gasteiger partial charge < -0.3 is 0 Å². The van der Waals surface area contributed by atoms with E-state index in [-0.39, 0.29) is 0 Å². The molecule has 0 aliphatic carbocycles. The topological polar surface area (TPSA) is 113 Å². The Morgan fingerprint density at radius 1 is 1.00 bits per heavy atom. The molecule has 0 fully saturated rings. The Bertz CT molecular complexity index is 1410. The van der Waals surface area contributed by atoms with Gasteiger partial charge in [0.05, 0.1) is 27.8 Å². The summed E-state index contributed by atoms with van der Waals surface area (Å²) >= 11 is 3.17. The highest BCUT2D eigenvalue weighted by Crippen LogP contribution is 2.37. The third-order valence-electron chi connectivity index (χ3n) is 4.53. The summed E-state index contributed by atoms with van der Waals surface area (Å²) in [5.74, 6) is 0.579. The summed E-state index contributed by atoms with van der Waals surface area (Å²) in [6.07, 6.45) is 7.56. The average Bonchev–Trinajstić information content (AvgIpc) is 3.55. The molecular formula is C18H11N9S2. The van der Waals surface area contributed by atoms with Crippen LogP contribution in [0.5, 0.6) is 0 Å². The molecule has 0 amide bonds. The molecule has 0 bridgehead atoms. The standard InChI is InChI=1S/C18H11N9S2/c1-4-15-20-8-12(18-19-5-6-28-18)27(15)9-10(1)11-7-21-22-16(11)13-2-3-14(29-13)17-23-25-26-24-17/h1-9H,(H,21,22)(H,23,24,25,26). The molecule has 9 nitrogen and oxygen atoms in total. The smallest absolute Gasteiger partial charge is 0.214 e. The number of nitrogens with one attached hydrogen (secondary N) is 2. The van der Waals surface area contributed by atoms with Crippen molar-refractivity contribution in [2.45, 2.75) is 0 Å². The average molecular weight is 417 g/mol. The molecule has 0 radical (unpaired) electrons. The molecule has 0 atom stereocenters. The predicted molar refractivity (Wildman–Crippen MR) is 110 cm³/mol. The van der Waals surface area contributed by atoms with Crippen LogP contribution in [0.15, 0.2) is 54.4 Å². The second kappa shape index (κ2) is 6.43. The summed E-state index contributed by atoms with van der Waals surface area (Å²) in [6, 6.07) is 8.07. The minimum Gasteiger partial charge on any atom is -0.297 e. The van der Waals surface area contributed by atoms with Crippen LogP contribution in [0.3, 0.4) is 0 Å². The van der Waals surface area contributed by atoms with Gasteiger partial charge in [-0.2, -0.15) is 10.3 Å². The van der Waals surface area contributed by atoms with Gasteiger partial charge in [0.1, 0.15) is 16.3 Å². The minimum absolute atomic E-state index is 0.579. The summed E-state index contributed by atoms with van der Waals surface area (Å²) in [5.41, 5.74) is 4.83. The van der Waals surface area contributed by atoms with Crippen molar-refractivity contribution in [3.63, 3.8) is 0 Å². The summed E-state index contributed by atoms with van der Waals surface area (Å²) in [7, 11) is 0. The van der Waals surface area contributed by atoms with Crippen molar-refractivity contribution >= 4 is 28.3 Å². The van der Waals surface area contributed by atoms with Crippen LogP contribution in [0.25, 0.3) is 48.7 Å². The van der Waals surface area contributed by atoms with Crippen LogP contribution in [0.2, 0.25) is 0 Å².